The van der Waals surface area contributed by atoms with Crippen LogP contribution in [0.3, 0.4) is 0 Å². The van der Waals surface area contributed by atoms with Crippen LogP contribution in [0.4, 0.5) is 13.2 Å². The summed E-state index contributed by atoms with van der Waals surface area (Å²) in [6.07, 6.45) is 0.375. The molecule has 1 saturated heterocycles. The minimum atomic E-state index is -4.33. The van der Waals surface area contributed by atoms with E-state index in [2.05, 4.69) is 14.6 Å². The van der Waals surface area contributed by atoms with Gasteiger partial charge in [0.2, 0.25) is 0 Å². The summed E-state index contributed by atoms with van der Waals surface area (Å²) in [6, 6.07) is 6.42. The molecule has 2 rings (SSSR count). The number of rotatable bonds is 4. The number of benzene rings is 1. The van der Waals surface area contributed by atoms with Gasteiger partial charge >= 0.3 is 6.18 Å². The second-order valence-corrected chi connectivity index (χ2v) is 5.62. The fourth-order valence-corrected chi connectivity index (χ4v) is 2.43. The van der Waals surface area contributed by atoms with Crippen molar-refractivity contribution >= 4 is 5.96 Å². The lowest BCUT2D eigenvalue weighted by Gasteiger charge is -2.21. The van der Waals surface area contributed by atoms with E-state index in [9.17, 15) is 13.2 Å². The number of nitrogens with zero attached hydrogens (tertiary/aromatic N) is 2. The van der Waals surface area contributed by atoms with E-state index in [0.717, 1.165) is 31.5 Å². The summed E-state index contributed by atoms with van der Waals surface area (Å²) >= 11 is 0. The standard InChI is InChI=1S/C16H22F3N3O/c17-16(18,19)12-23-14-7-5-13(6-8-14)11-21-15(20)22-9-3-1-2-4-10-22/h5-8H,1-4,9-12H2,(H2,20,21). The number of halogens is 3. The molecule has 128 valence electrons. The quantitative estimate of drug-likeness (QED) is 0.681. The van der Waals surface area contributed by atoms with E-state index in [1.807, 2.05) is 0 Å². The first kappa shape index (κ1) is 17.4. The number of hydrogen-bond donors (Lipinski definition) is 1. The van der Waals surface area contributed by atoms with Crippen LogP contribution in [0.5, 0.6) is 5.75 Å². The van der Waals surface area contributed by atoms with Crippen molar-refractivity contribution in [3.63, 3.8) is 0 Å². The summed E-state index contributed by atoms with van der Waals surface area (Å²) < 4.78 is 40.9. The minimum absolute atomic E-state index is 0.190. The molecule has 0 unspecified atom stereocenters. The van der Waals surface area contributed by atoms with Crippen LogP contribution in [0.15, 0.2) is 29.3 Å². The zero-order valence-electron chi connectivity index (χ0n) is 13.0. The third-order valence-corrected chi connectivity index (χ3v) is 3.68. The highest BCUT2D eigenvalue weighted by Gasteiger charge is 2.28. The minimum Gasteiger partial charge on any atom is -0.484 e. The third kappa shape index (κ3) is 6.38. The Labute approximate surface area is 134 Å². The zero-order valence-corrected chi connectivity index (χ0v) is 13.0. The normalized spacial score (nSPS) is 17.0. The van der Waals surface area contributed by atoms with E-state index in [1.54, 1.807) is 12.1 Å². The first-order chi connectivity index (χ1) is 10.9. The Morgan fingerprint density at radius 1 is 1.09 bits per heavy atom. The van der Waals surface area contributed by atoms with Crippen LogP contribution in [0, 0.1) is 0 Å². The van der Waals surface area contributed by atoms with Gasteiger partial charge in [-0.3, -0.25) is 0 Å². The van der Waals surface area contributed by atoms with Crippen molar-refractivity contribution in [1.82, 2.24) is 4.90 Å². The molecule has 0 atom stereocenters. The molecule has 0 aromatic heterocycles. The van der Waals surface area contributed by atoms with Crippen LogP contribution in [-0.2, 0) is 6.54 Å². The van der Waals surface area contributed by atoms with E-state index in [1.165, 1.54) is 25.0 Å². The lowest BCUT2D eigenvalue weighted by molar-refractivity contribution is -0.153. The van der Waals surface area contributed by atoms with Gasteiger partial charge in [-0.2, -0.15) is 13.2 Å². The topological polar surface area (TPSA) is 50.9 Å². The summed E-state index contributed by atoms with van der Waals surface area (Å²) in [5.41, 5.74) is 6.89. The lowest BCUT2D eigenvalue weighted by Crippen LogP contribution is -2.38. The maximum absolute atomic E-state index is 12.1. The summed E-state index contributed by atoms with van der Waals surface area (Å²) in [7, 11) is 0. The molecule has 1 aliphatic heterocycles. The van der Waals surface area contributed by atoms with Crippen LogP contribution in [0.1, 0.15) is 31.2 Å². The third-order valence-electron chi connectivity index (χ3n) is 3.68. The van der Waals surface area contributed by atoms with Gasteiger partial charge in [-0.25, -0.2) is 4.99 Å². The van der Waals surface area contributed by atoms with Crippen molar-refractivity contribution in [3.8, 4) is 5.75 Å². The molecule has 0 saturated carbocycles. The molecule has 2 N–H and O–H groups in total. The Morgan fingerprint density at radius 2 is 1.70 bits per heavy atom. The first-order valence-electron chi connectivity index (χ1n) is 7.77. The van der Waals surface area contributed by atoms with E-state index >= 15 is 0 Å². The average molecular weight is 329 g/mol. The Balaban J connectivity index is 1.86. The smallest absolute Gasteiger partial charge is 0.422 e. The predicted molar refractivity (Wildman–Crippen MR) is 83.4 cm³/mol. The zero-order chi connectivity index (χ0) is 16.7. The highest BCUT2D eigenvalue weighted by molar-refractivity contribution is 5.78. The molecule has 0 spiro atoms. The van der Waals surface area contributed by atoms with Gasteiger partial charge in [0.25, 0.3) is 0 Å². The van der Waals surface area contributed by atoms with Crippen molar-refractivity contribution in [1.29, 1.82) is 0 Å². The van der Waals surface area contributed by atoms with Gasteiger partial charge in [0.1, 0.15) is 5.75 Å². The van der Waals surface area contributed by atoms with E-state index in [-0.39, 0.29) is 5.75 Å². The number of aliphatic imine (C=N–C) groups is 1. The molecule has 1 aromatic carbocycles. The molecule has 1 aliphatic rings. The van der Waals surface area contributed by atoms with E-state index in [4.69, 9.17) is 5.73 Å². The maximum Gasteiger partial charge on any atom is 0.422 e. The van der Waals surface area contributed by atoms with Crippen LogP contribution in [0.25, 0.3) is 0 Å². The van der Waals surface area contributed by atoms with Crippen molar-refractivity contribution in [2.75, 3.05) is 19.7 Å². The van der Waals surface area contributed by atoms with Gasteiger partial charge < -0.3 is 15.4 Å². The largest absolute Gasteiger partial charge is 0.484 e. The van der Waals surface area contributed by atoms with Crippen LogP contribution < -0.4 is 10.5 Å². The summed E-state index contributed by atoms with van der Waals surface area (Å²) in [5, 5.41) is 0. The molecule has 7 heteroatoms. The molecule has 4 nitrogen and oxygen atoms in total. The molecule has 0 bridgehead atoms. The van der Waals surface area contributed by atoms with Crippen molar-refractivity contribution < 1.29 is 17.9 Å². The van der Waals surface area contributed by atoms with E-state index in [0.29, 0.717) is 12.5 Å². The van der Waals surface area contributed by atoms with Crippen LogP contribution in [-0.4, -0.2) is 36.7 Å². The SMILES string of the molecule is NC(=NCc1ccc(OCC(F)(F)F)cc1)N1CCCCCC1. The molecular weight excluding hydrogens is 307 g/mol. The summed E-state index contributed by atoms with van der Waals surface area (Å²) in [5.74, 6) is 0.722. The molecule has 0 amide bonds. The van der Waals surface area contributed by atoms with Gasteiger partial charge in [-0.1, -0.05) is 25.0 Å². The molecule has 0 aliphatic carbocycles. The fourth-order valence-electron chi connectivity index (χ4n) is 2.43. The van der Waals surface area contributed by atoms with Crippen molar-refractivity contribution in [2.45, 2.75) is 38.4 Å². The number of ether oxygens (including phenoxy) is 1. The predicted octanol–water partition coefficient (Wildman–Crippen LogP) is 3.32. The van der Waals surface area contributed by atoms with Gasteiger partial charge in [0.15, 0.2) is 12.6 Å². The van der Waals surface area contributed by atoms with Crippen molar-refractivity contribution in [2.24, 2.45) is 10.7 Å². The number of nitrogens with two attached hydrogens (primary N) is 1. The second-order valence-electron chi connectivity index (χ2n) is 5.62. The highest BCUT2D eigenvalue weighted by atomic mass is 19.4. The summed E-state index contributed by atoms with van der Waals surface area (Å²) in [4.78, 5) is 6.47. The van der Waals surface area contributed by atoms with Crippen LogP contribution in [0.2, 0.25) is 0 Å². The maximum atomic E-state index is 12.1. The average Bonchev–Trinajstić information content (AvgIpc) is 2.80. The van der Waals surface area contributed by atoms with Gasteiger partial charge in [-0.15, -0.1) is 0 Å². The second kappa shape index (κ2) is 8.08. The fraction of sp³-hybridized carbons (Fsp3) is 0.562. The Kier molecular flexibility index (Phi) is 6.12. The van der Waals surface area contributed by atoms with Crippen molar-refractivity contribution in [3.05, 3.63) is 29.8 Å². The number of alkyl halides is 3. The first-order valence-corrected chi connectivity index (χ1v) is 7.77. The van der Waals surface area contributed by atoms with Crippen LogP contribution >= 0.6 is 0 Å². The highest BCUT2D eigenvalue weighted by Crippen LogP contribution is 2.19. The Morgan fingerprint density at radius 3 is 2.26 bits per heavy atom. The number of guanidine groups is 1. The number of hydrogen-bond acceptors (Lipinski definition) is 2. The van der Waals surface area contributed by atoms with E-state index < -0.39 is 12.8 Å². The summed E-state index contributed by atoms with van der Waals surface area (Å²) in [6.45, 7) is 0.980. The lowest BCUT2D eigenvalue weighted by atomic mass is 10.2. The van der Waals surface area contributed by atoms with Gasteiger partial charge in [-0.05, 0) is 30.5 Å². The molecule has 1 aromatic rings. The molecular formula is C16H22F3N3O. The number of likely N-dealkylation sites (tertiary alicyclic amines) is 1. The molecule has 1 fully saturated rings. The molecule has 23 heavy (non-hydrogen) atoms. The van der Waals surface area contributed by atoms with Gasteiger partial charge in [0, 0.05) is 13.1 Å². The van der Waals surface area contributed by atoms with Gasteiger partial charge in [0.05, 0.1) is 6.54 Å². The molecule has 1 heterocycles. The Bertz CT molecular complexity index is 506. The Hall–Kier alpha value is -1.92. The monoisotopic (exact) mass is 329 g/mol. The molecule has 0 radical (unpaired) electrons.